The fourth-order valence-corrected chi connectivity index (χ4v) is 6.60. The predicted octanol–water partition coefficient (Wildman–Crippen LogP) is 14.3. The van der Waals surface area contributed by atoms with Gasteiger partial charge in [-0.05, 0) is 107 Å². The molecule has 3 rings (SSSR count). The van der Waals surface area contributed by atoms with Crippen LogP contribution in [0.1, 0.15) is 165 Å². The third-order valence-corrected chi connectivity index (χ3v) is 10.4. The van der Waals surface area contributed by atoms with Gasteiger partial charge in [0.25, 0.3) is 0 Å². The average molecular weight is 899 g/mol. The summed E-state index contributed by atoms with van der Waals surface area (Å²) in [5, 5.41) is 0. The first-order valence-corrected chi connectivity index (χ1v) is 21.7. The van der Waals surface area contributed by atoms with Crippen molar-refractivity contribution in [1.82, 2.24) is 0 Å². The maximum absolute atomic E-state index is 6.46. The molecule has 0 spiro atoms. The summed E-state index contributed by atoms with van der Waals surface area (Å²) in [4.78, 5) is 0. The van der Waals surface area contributed by atoms with Crippen LogP contribution in [0.2, 0.25) is 0 Å². The van der Waals surface area contributed by atoms with Crippen LogP contribution in [0.25, 0.3) is 0 Å². The molecule has 0 saturated carbocycles. The van der Waals surface area contributed by atoms with Crippen molar-refractivity contribution in [1.29, 1.82) is 0 Å². The van der Waals surface area contributed by atoms with Crippen LogP contribution >= 0.6 is 45.2 Å². The maximum Gasteiger partial charge on any atom is 0.162 e. The monoisotopic (exact) mass is 898 g/mol. The van der Waals surface area contributed by atoms with E-state index in [2.05, 4.69) is 143 Å². The van der Waals surface area contributed by atoms with Crippen molar-refractivity contribution in [3.05, 3.63) is 90.1 Å². The van der Waals surface area contributed by atoms with Crippen LogP contribution < -0.4 is 9.47 Å². The first kappa shape index (κ1) is 42.3. The van der Waals surface area contributed by atoms with E-state index >= 15 is 0 Å². The lowest BCUT2D eigenvalue weighted by Gasteiger charge is -2.15. The minimum atomic E-state index is 0.683. The molecule has 2 nitrogen and oxygen atoms in total. The summed E-state index contributed by atoms with van der Waals surface area (Å²) in [6.07, 6.45) is 26.1. The van der Waals surface area contributed by atoms with Crippen molar-refractivity contribution in [2.75, 3.05) is 13.2 Å². The molecule has 0 fully saturated rings. The second-order valence-corrected chi connectivity index (χ2v) is 15.9. The molecule has 0 aliphatic heterocycles. The zero-order valence-electron chi connectivity index (χ0n) is 30.9. The molecule has 270 valence electrons. The highest BCUT2D eigenvalue weighted by atomic mass is 127. The molecular formula is C46H60I2O2. The van der Waals surface area contributed by atoms with Crippen molar-refractivity contribution >= 4 is 45.2 Å². The largest absolute Gasteiger partial charge is 0.490 e. The summed E-state index contributed by atoms with van der Waals surface area (Å²) >= 11 is 4.66. The number of hydrogen-bond acceptors (Lipinski definition) is 2. The van der Waals surface area contributed by atoms with Crippen LogP contribution in [0.3, 0.4) is 0 Å². The molecule has 0 unspecified atom stereocenters. The molecule has 0 bridgehead atoms. The van der Waals surface area contributed by atoms with Gasteiger partial charge in [0.05, 0.1) is 13.2 Å². The van der Waals surface area contributed by atoms with Crippen LogP contribution in [0.5, 0.6) is 11.5 Å². The van der Waals surface area contributed by atoms with Gasteiger partial charge in [-0.1, -0.05) is 153 Å². The minimum absolute atomic E-state index is 0.683. The van der Waals surface area contributed by atoms with Crippen LogP contribution in [-0.4, -0.2) is 13.2 Å². The van der Waals surface area contributed by atoms with Gasteiger partial charge in [0.1, 0.15) is 0 Å². The molecule has 3 aromatic carbocycles. The number of unbranched alkanes of at least 4 members (excludes halogenated alkanes) is 18. The summed E-state index contributed by atoms with van der Waals surface area (Å²) in [7, 11) is 0. The molecule has 0 atom stereocenters. The van der Waals surface area contributed by atoms with E-state index < -0.39 is 0 Å². The molecule has 0 heterocycles. The van der Waals surface area contributed by atoms with Gasteiger partial charge in [-0.15, -0.1) is 0 Å². The second-order valence-electron chi connectivity index (χ2n) is 13.4. The Morgan fingerprint density at radius 2 is 0.700 bits per heavy atom. The van der Waals surface area contributed by atoms with E-state index in [4.69, 9.17) is 9.47 Å². The van der Waals surface area contributed by atoms with Gasteiger partial charge in [0.2, 0.25) is 0 Å². The van der Waals surface area contributed by atoms with Crippen molar-refractivity contribution in [2.24, 2.45) is 0 Å². The second kappa shape index (κ2) is 27.5. The molecule has 0 N–H and O–H groups in total. The van der Waals surface area contributed by atoms with Gasteiger partial charge >= 0.3 is 0 Å². The first-order valence-electron chi connectivity index (χ1n) is 19.6. The quantitative estimate of drug-likeness (QED) is 0.0507. The standard InChI is InChI=1S/C46H60I2O2/c1-3-5-7-9-11-13-15-17-19-21-35-49-45-37-41(29-23-39-25-31-43(47)32-26-39)42(30-24-40-27-33-44(48)34-28-40)38-46(45)50-36-22-20-18-16-14-12-10-8-6-4-2/h25-28,31-34,37-38H,3-22,35-36H2,1-2H3. The normalized spacial score (nSPS) is 10.6. The summed E-state index contributed by atoms with van der Waals surface area (Å²) in [6.45, 7) is 5.93. The Labute approximate surface area is 333 Å². The summed E-state index contributed by atoms with van der Waals surface area (Å²) in [5.74, 6) is 15.1. The third-order valence-electron chi connectivity index (χ3n) is 8.97. The Morgan fingerprint density at radius 3 is 1.02 bits per heavy atom. The number of rotatable bonds is 24. The van der Waals surface area contributed by atoms with Crippen molar-refractivity contribution < 1.29 is 9.47 Å². The Hall–Kier alpha value is -2.16. The molecule has 0 amide bonds. The number of benzene rings is 3. The van der Waals surface area contributed by atoms with Gasteiger partial charge < -0.3 is 9.47 Å². The van der Waals surface area contributed by atoms with Gasteiger partial charge in [-0.2, -0.15) is 0 Å². The van der Waals surface area contributed by atoms with Crippen molar-refractivity contribution in [2.45, 2.75) is 142 Å². The minimum Gasteiger partial charge on any atom is -0.490 e. The number of halogens is 2. The lowest BCUT2D eigenvalue weighted by Crippen LogP contribution is -2.04. The van der Waals surface area contributed by atoms with Crippen LogP contribution in [0.4, 0.5) is 0 Å². The van der Waals surface area contributed by atoms with Gasteiger partial charge in [-0.3, -0.25) is 0 Å². The fraction of sp³-hybridized carbons (Fsp3) is 0.522. The first-order chi connectivity index (χ1) is 24.6. The third kappa shape index (κ3) is 18.9. The molecule has 0 saturated heterocycles. The summed E-state index contributed by atoms with van der Waals surface area (Å²) in [6, 6.07) is 20.7. The molecule has 0 aliphatic rings. The topological polar surface area (TPSA) is 18.5 Å². The molecule has 0 aliphatic carbocycles. The van der Waals surface area contributed by atoms with E-state index in [1.165, 1.54) is 123 Å². The highest BCUT2D eigenvalue weighted by molar-refractivity contribution is 14.1. The van der Waals surface area contributed by atoms with E-state index in [1.807, 2.05) is 0 Å². The van der Waals surface area contributed by atoms with E-state index in [1.54, 1.807) is 0 Å². The van der Waals surface area contributed by atoms with E-state index in [-0.39, 0.29) is 0 Å². The molecule has 0 aromatic heterocycles. The average Bonchev–Trinajstić information content (AvgIpc) is 3.13. The van der Waals surface area contributed by atoms with Gasteiger partial charge in [0.15, 0.2) is 11.5 Å². The molecule has 4 heteroatoms. The SMILES string of the molecule is CCCCCCCCCCCCOc1cc(C#Cc2ccc(I)cc2)c(C#Cc2ccc(I)cc2)cc1OCCCCCCCCCCCC. The van der Waals surface area contributed by atoms with Gasteiger partial charge in [-0.25, -0.2) is 0 Å². The van der Waals surface area contributed by atoms with Crippen molar-refractivity contribution in [3.8, 4) is 35.2 Å². The zero-order chi connectivity index (χ0) is 35.5. The molecule has 3 aromatic rings. The van der Waals surface area contributed by atoms with E-state index in [0.717, 1.165) is 46.6 Å². The lowest BCUT2D eigenvalue weighted by atomic mass is 10.0. The predicted molar refractivity (Wildman–Crippen MR) is 231 cm³/mol. The lowest BCUT2D eigenvalue weighted by molar-refractivity contribution is 0.258. The molecule has 0 radical (unpaired) electrons. The Bertz CT molecular complexity index is 1340. The van der Waals surface area contributed by atoms with Gasteiger partial charge in [0, 0.05) is 41.5 Å². The molecule has 50 heavy (non-hydrogen) atoms. The smallest absolute Gasteiger partial charge is 0.162 e. The Morgan fingerprint density at radius 1 is 0.400 bits per heavy atom. The Kier molecular flexibility index (Phi) is 23.2. The maximum atomic E-state index is 6.46. The summed E-state index contributed by atoms with van der Waals surface area (Å²) < 4.78 is 15.3. The summed E-state index contributed by atoms with van der Waals surface area (Å²) in [5.41, 5.74) is 3.70. The fourth-order valence-electron chi connectivity index (χ4n) is 5.88. The molecular weight excluding hydrogens is 838 g/mol. The van der Waals surface area contributed by atoms with Crippen LogP contribution in [0.15, 0.2) is 60.7 Å². The van der Waals surface area contributed by atoms with E-state index in [9.17, 15) is 0 Å². The number of ether oxygens (including phenoxy) is 2. The van der Waals surface area contributed by atoms with Crippen LogP contribution in [0, 0.1) is 30.8 Å². The highest BCUT2D eigenvalue weighted by Gasteiger charge is 2.12. The number of hydrogen-bond donors (Lipinski definition) is 0. The zero-order valence-corrected chi connectivity index (χ0v) is 35.2. The Balaban J connectivity index is 1.69. The highest BCUT2D eigenvalue weighted by Crippen LogP contribution is 2.32. The van der Waals surface area contributed by atoms with E-state index in [0.29, 0.717) is 13.2 Å². The van der Waals surface area contributed by atoms with Crippen LogP contribution in [-0.2, 0) is 0 Å². The van der Waals surface area contributed by atoms with Crippen molar-refractivity contribution in [3.63, 3.8) is 0 Å².